The molecule has 1 fully saturated rings. The fourth-order valence-electron chi connectivity index (χ4n) is 5.91. The van der Waals surface area contributed by atoms with Crippen LogP contribution in [0.25, 0.3) is 0 Å². The highest BCUT2D eigenvalue weighted by molar-refractivity contribution is 6.50. The van der Waals surface area contributed by atoms with E-state index in [9.17, 15) is 46.0 Å². The largest absolute Gasteiger partial charge is 0.673 e. The highest BCUT2D eigenvalue weighted by Crippen LogP contribution is 2.36. The molecule has 0 saturated carbocycles. The molecule has 51 heavy (non-hydrogen) atoms. The number of nitrogens with zero attached hydrogens (tertiary/aromatic N) is 4. The van der Waals surface area contributed by atoms with Crippen molar-refractivity contribution in [2.45, 2.75) is 37.4 Å². The van der Waals surface area contributed by atoms with Crippen LogP contribution in [0.5, 0.6) is 6.01 Å². The van der Waals surface area contributed by atoms with Crippen LogP contribution >= 0.6 is 0 Å². The molecule has 0 unspecified atom stereocenters. The van der Waals surface area contributed by atoms with Crippen molar-refractivity contribution in [2.75, 3.05) is 25.4 Å². The molecule has 20 heteroatoms. The van der Waals surface area contributed by atoms with Crippen molar-refractivity contribution in [2.24, 2.45) is 0 Å². The molecule has 1 saturated heterocycles. The van der Waals surface area contributed by atoms with Crippen molar-refractivity contribution in [3.63, 3.8) is 0 Å². The van der Waals surface area contributed by atoms with E-state index in [1.54, 1.807) is 59.3 Å². The fraction of sp³-hybridized carbons (Fsp3) is 0.290. The number of fused-ring (bicyclic) bond motifs is 5. The van der Waals surface area contributed by atoms with Crippen molar-refractivity contribution in [1.82, 2.24) is 14.8 Å². The number of nitrogen functional groups attached to an aromatic ring is 1. The zero-order valence-electron chi connectivity index (χ0n) is 26.2. The molecule has 0 bridgehead atoms. The Morgan fingerprint density at radius 2 is 1.27 bits per heavy atom. The second kappa shape index (κ2) is 13.8. The van der Waals surface area contributed by atoms with Gasteiger partial charge in [-0.3, -0.25) is 38.6 Å². The molecule has 4 atom stereocenters. The van der Waals surface area contributed by atoms with Crippen LogP contribution in [0.1, 0.15) is 60.5 Å². The van der Waals surface area contributed by atoms with Gasteiger partial charge in [0, 0.05) is 24.1 Å². The van der Waals surface area contributed by atoms with E-state index >= 15 is 0 Å². The van der Waals surface area contributed by atoms with Crippen molar-refractivity contribution < 1.29 is 69.5 Å². The molecule has 0 radical (unpaired) electrons. The second-order valence-electron chi connectivity index (χ2n) is 11.4. The Bertz CT molecular complexity index is 1870. The van der Waals surface area contributed by atoms with Crippen molar-refractivity contribution in [3.8, 4) is 6.01 Å². The van der Waals surface area contributed by atoms with Gasteiger partial charge in [-0.25, -0.2) is 0 Å². The summed E-state index contributed by atoms with van der Waals surface area (Å²) in [6, 6.07) is 14.5. The molecule has 266 valence electrons. The number of amides is 4. The van der Waals surface area contributed by atoms with Gasteiger partial charge < -0.3 is 41.9 Å². The highest BCUT2D eigenvalue weighted by atomic mass is 19.5. The van der Waals surface area contributed by atoms with Gasteiger partial charge in [-0.1, -0.05) is 24.3 Å². The monoisotopic (exact) mass is 715 g/mol. The number of carbonyl (C=O) groups excluding carboxylic acids is 6. The average Bonchev–Trinajstić information content (AvgIpc) is 3.75. The molecule has 2 N–H and O–H groups in total. The summed E-state index contributed by atoms with van der Waals surface area (Å²) in [4.78, 5) is 82.5. The van der Waals surface area contributed by atoms with Crippen LogP contribution in [0.4, 0.5) is 23.1 Å². The maximum atomic E-state index is 13.0. The second-order valence-corrected chi connectivity index (χ2v) is 11.4. The molecule has 1 aromatic heterocycles. The maximum absolute atomic E-state index is 13.0. The standard InChI is InChI=1S/C31H25N5O10.BF4/c32-21-9-12-36-30-25(46-31(36)33-21)24(45-23(38)11-14-35-28(41)18-7-3-4-8-19(18)29(35)42)20(44-30)15-43-22(37)10-13-34-26(39)16-5-1-2-6-17(16)27(34)40;2-1(3,4)5/h1-9,12,20,24-25,30,32H,10-11,13-15H2;/q;-1/p+1/t20-,24-,25-,30-;/m1./s1. The molecule has 0 aliphatic carbocycles. The fourth-order valence-corrected chi connectivity index (χ4v) is 5.91. The number of esters is 2. The number of hydrogen-bond donors (Lipinski definition) is 1. The molecule has 7 rings (SSSR count). The van der Waals surface area contributed by atoms with Gasteiger partial charge in [0.2, 0.25) is 18.1 Å². The number of anilines is 1. The number of ether oxygens (including phenoxy) is 4. The van der Waals surface area contributed by atoms with E-state index in [2.05, 4.69) is 4.98 Å². The van der Waals surface area contributed by atoms with Gasteiger partial charge in [0.25, 0.3) is 23.6 Å². The quantitative estimate of drug-likeness (QED) is 0.111. The van der Waals surface area contributed by atoms with E-state index in [4.69, 9.17) is 24.7 Å². The van der Waals surface area contributed by atoms with Crippen LogP contribution in [0.3, 0.4) is 0 Å². The van der Waals surface area contributed by atoms with Gasteiger partial charge in [-0.05, 0) is 24.3 Å². The van der Waals surface area contributed by atoms with Crippen LogP contribution in [-0.2, 0) is 23.8 Å². The van der Waals surface area contributed by atoms with E-state index in [-0.39, 0.29) is 66.6 Å². The van der Waals surface area contributed by atoms with E-state index in [1.807, 2.05) is 0 Å². The van der Waals surface area contributed by atoms with Crippen LogP contribution in [0.15, 0.2) is 60.8 Å². The lowest BCUT2D eigenvalue weighted by molar-refractivity contribution is -0.746. The minimum Gasteiger partial charge on any atom is -0.463 e. The summed E-state index contributed by atoms with van der Waals surface area (Å²) in [6.45, 7) is -0.734. The Labute approximate surface area is 284 Å². The Hall–Kier alpha value is -5.92. The van der Waals surface area contributed by atoms with Gasteiger partial charge in [-0.15, -0.1) is 0 Å². The van der Waals surface area contributed by atoms with Crippen LogP contribution in [0, 0.1) is 0 Å². The first-order valence-electron chi connectivity index (χ1n) is 15.3. The number of aromatic nitrogens is 2. The normalized spacial score (nSPS) is 21.3. The molecule has 4 aliphatic heterocycles. The maximum Gasteiger partial charge on any atom is 0.673 e. The smallest absolute Gasteiger partial charge is 0.463 e. The summed E-state index contributed by atoms with van der Waals surface area (Å²) in [7, 11) is -6.00. The summed E-state index contributed by atoms with van der Waals surface area (Å²) < 4.78 is 63.7. The molecule has 4 aliphatic rings. The highest BCUT2D eigenvalue weighted by Gasteiger charge is 2.58. The Morgan fingerprint density at radius 1 is 0.804 bits per heavy atom. The summed E-state index contributed by atoms with van der Waals surface area (Å²) in [6.07, 6.45) is -2.70. The van der Waals surface area contributed by atoms with Gasteiger partial charge in [0.15, 0.2) is 6.10 Å². The zero-order valence-corrected chi connectivity index (χ0v) is 26.2. The molecule has 15 nitrogen and oxygen atoms in total. The molecule has 0 spiro atoms. The minimum atomic E-state index is -6.00. The molecular weight excluding hydrogens is 689 g/mol. The SMILES string of the molecule is F[B-](F)(F)F.Nc1cc[n+]2c(n1)O[C@@H]1[C@H](OC(=O)CCN3C(=O)c4ccccc4C3=O)[C@@H](COC(=O)CCN3C(=O)c4ccccc4C3=O)O[C@H]12. The first-order valence-corrected chi connectivity index (χ1v) is 15.3. The lowest BCUT2D eigenvalue weighted by Crippen LogP contribution is -2.42. The number of nitrogens with two attached hydrogens (primary N) is 1. The number of halogens is 4. The topological polar surface area (TPSA) is 189 Å². The van der Waals surface area contributed by atoms with E-state index < -0.39 is 67.4 Å². The first-order chi connectivity index (χ1) is 24.2. The summed E-state index contributed by atoms with van der Waals surface area (Å²) in [5, 5.41) is 0. The summed E-state index contributed by atoms with van der Waals surface area (Å²) in [5.74, 6) is -3.24. The third-order valence-electron chi connectivity index (χ3n) is 8.16. The summed E-state index contributed by atoms with van der Waals surface area (Å²) in [5.41, 5.74) is 6.85. The number of rotatable bonds is 9. The predicted molar refractivity (Wildman–Crippen MR) is 161 cm³/mol. The van der Waals surface area contributed by atoms with E-state index in [0.717, 1.165) is 9.80 Å². The van der Waals surface area contributed by atoms with Crippen LogP contribution in [-0.4, -0.2) is 95.6 Å². The number of carbonyl (C=O) groups is 6. The average molecular weight is 715 g/mol. The molecular formula is C31H26BF4N5O10. The third-order valence-corrected chi connectivity index (χ3v) is 8.16. The Balaban J connectivity index is 0.000000839. The van der Waals surface area contributed by atoms with E-state index in [0.29, 0.717) is 0 Å². The molecule has 2 aromatic carbocycles. The summed E-state index contributed by atoms with van der Waals surface area (Å²) >= 11 is 0. The lowest BCUT2D eigenvalue weighted by Gasteiger charge is -2.22. The third kappa shape index (κ3) is 7.21. The molecule has 3 aromatic rings. The first kappa shape index (κ1) is 34.9. The number of benzene rings is 2. The van der Waals surface area contributed by atoms with Gasteiger partial charge in [0.05, 0.1) is 35.1 Å². The van der Waals surface area contributed by atoms with Crippen molar-refractivity contribution in [1.29, 1.82) is 0 Å². The van der Waals surface area contributed by atoms with Crippen LogP contribution < -0.4 is 15.0 Å². The van der Waals surface area contributed by atoms with Gasteiger partial charge >= 0.3 is 25.2 Å². The van der Waals surface area contributed by atoms with Gasteiger partial charge in [0.1, 0.15) is 18.9 Å². The van der Waals surface area contributed by atoms with Crippen LogP contribution in [0.2, 0.25) is 0 Å². The molecule has 4 amide bonds. The number of imide groups is 2. The van der Waals surface area contributed by atoms with Crippen molar-refractivity contribution in [3.05, 3.63) is 83.0 Å². The predicted octanol–water partition coefficient (Wildman–Crippen LogP) is 1.74. The van der Waals surface area contributed by atoms with Crippen molar-refractivity contribution >= 4 is 48.6 Å². The Kier molecular flexibility index (Phi) is 9.43. The lowest BCUT2D eigenvalue weighted by atomic mass is 10.1. The minimum absolute atomic E-state index is 0.137. The van der Waals surface area contributed by atoms with Gasteiger partial charge in [-0.2, -0.15) is 4.57 Å². The Morgan fingerprint density at radius 3 is 1.76 bits per heavy atom. The zero-order chi connectivity index (χ0) is 36.6. The van der Waals surface area contributed by atoms with E-state index in [1.165, 1.54) is 6.07 Å². The number of hydrogen-bond acceptors (Lipinski definition) is 12. The molecule has 5 heterocycles.